The van der Waals surface area contributed by atoms with Crippen LogP contribution in [0.15, 0.2) is 53.7 Å². The number of hydrogen-bond acceptors (Lipinski definition) is 3. The van der Waals surface area contributed by atoms with Crippen LogP contribution in [0.1, 0.15) is 15.9 Å². The van der Waals surface area contributed by atoms with Gasteiger partial charge in [0, 0.05) is 10.0 Å². The predicted octanol–water partition coefficient (Wildman–Crippen LogP) is 4.18. The van der Waals surface area contributed by atoms with Crippen molar-refractivity contribution in [3.8, 4) is 0 Å². The van der Waals surface area contributed by atoms with Crippen LogP contribution in [-0.2, 0) is 4.84 Å². The van der Waals surface area contributed by atoms with Gasteiger partial charge in [0.25, 0.3) is 0 Å². The van der Waals surface area contributed by atoms with Crippen molar-refractivity contribution < 1.29 is 9.63 Å². The van der Waals surface area contributed by atoms with Crippen LogP contribution in [0.5, 0.6) is 0 Å². The van der Waals surface area contributed by atoms with Gasteiger partial charge in [-0.15, -0.1) is 0 Å². The van der Waals surface area contributed by atoms with Gasteiger partial charge in [-0.25, -0.2) is 4.79 Å². The van der Waals surface area contributed by atoms with Crippen LogP contribution in [0.4, 0.5) is 0 Å². The highest BCUT2D eigenvalue weighted by atomic mass is 35.5. The molecular formula is C14H9Cl2NO2. The quantitative estimate of drug-likeness (QED) is 0.484. The zero-order chi connectivity index (χ0) is 13.7. The number of nitrogens with zero attached hydrogens (tertiary/aromatic N) is 1. The van der Waals surface area contributed by atoms with E-state index in [0.29, 0.717) is 15.6 Å². The smallest absolute Gasteiger partial charge is 0.313 e. The van der Waals surface area contributed by atoms with Crippen molar-refractivity contribution in [2.75, 3.05) is 0 Å². The van der Waals surface area contributed by atoms with Gasteiger partial charge in [0.15, 0.2) is 0 Å². The lowest BCUT2D eigenvalue weighted by Crippen LogP contribution is -2.00. The van der Waals surface area contributed by atoms with Gasteiger partial charge in [-0.3, -0.25) is 0 Å². The third-order valence-electron chi connectivity index (χ3n) is 2.29. The third-order valence-corrected chi connectivity index (χ3v) is 2.79. The number of benzene rings is 2. The molecule has 0 bridgehead atoms. The molecular weight excluding hydrogens is 285 g/mol. The van der Waals surface area contributed by atoms with Crippen LogP contribution in [0.3, 0.4) is 0 Å². The summed E-state index contributed by atoms with van der Waals surface area (Å²) in [7, 11) is 0. The molecule has 0 saturated carbocycles. The number of oxime groups is 1. The van der Waals surface area contributed by atoms with Crippen LogP contribution >= 0.6 is 23.2 Å². The molecule has 2 aromatic carbocycles. The van der Waals surface area contributed by atoms with Crippen molar-refractivity contribution in [1.82, 2.24) is 0 Å². The first kappa shape index (κ1) is 13.6. The fourth-order valence-electron chi connectivity index (χ4n) is 1.32. The highest BCUT2D eigenvalue weighted by molar-refractivity contribution is 6.30. The van der Waals surface area contributed by atoms with E-state index in [4.69, 9.17) is 28.0 Å². The molecule has 2 rings (SSSR count). The highest BCUT2D eigenvalue weighted by Gasteiger charge is 2.05. The molecule has 0 unspecified atom stereocenters. The molecule has 0 saturated heterocycles. The van der Waals surface area contributed by atoms with E-state index in [-0.39, 0.29) is 0 Å². The highest BCUT2D eigenvalue weighted by Crippen LogP contribution is 2.11. The molecule has 2 aromatic rings. The summed E-state index contributed by atoms with van der Waals surface area (Å²) in [6, 6.07) is 13.4. The summed E-state index contributed by atoms with van der Waals surface area (Å²) in [5, 5.41) is 4.81. The average Bonchev–Trinajstić information content (AvgIpc) is 2.41. The molecule has 19 heavy (non-hydrogen) atoms. The van der Waals surface area contributed by atoms with E-state index < -0.39 is 5.97 Å². The lowest BCUT2D eigenvalue weighted by molar-refractivity contribution is 0.0519. The number of hydrogen-bond donors (Lipinski definition) is 0. The van der Waals surface area contributed by atoms with Gasteiger partial charge in [-0.1, -0.05) is 40.5 Å². The average molecular weight is 294 g/mol. The van der Waals surface area contributed by atoms with Crippen molar-refractivity contribution in [2.45, 2.75) is 0 Å². The molecule has 0 spiro atoms. The fourth-order valence-corrected chi connectivity index (χ4v) is 1.57. The van der Waals surface area contributed by atoms with Crippen molar-refractivity contribution in [3.05, 3.63) is 69.7 Å². The Labute approximate surface area is 120 Å². The molecule has 0 fully saturated rings. The van der Waals surface area contributed by atoms with Gasteiger partial charge in [0.05, 0.1) is 11.8 Å². The molecule has 96 valence electrons. The molecule has 0 radical (unpaired) electrons. The molecule has 0 N–H and O–H groups in total. The Balaban J connectivity index is 1.96. The Morgan fingerprint density at radius 2 is 1.47 bits per heavy atom. The zero-order valence-corrected chi connectivity index (χ0v) is 11.2. The first-order chi connectivity index (χ1) is 9.15. The molecule has 0 atom stereocenters. The fraction of sp³-hybridized carbons (Fsp3) is 0. The summed E-state index contributed by atoms with van der Waals surface area (Å²) < 4.78 is 0. The van der Waals surface area contributed by atoms with E-state index in [1.807, 2.05) is 0 Å². The van der Waals surface area contributed by atoms with Crippen molar-refractivity contribution in [1.29, 1.82) is 0 Å². The lowest BCUT2D eigenvalue weighted by Gasteiger charge is -1.98. The predicted molar refractivity (Wildman–Crippen MR) is 75.9 cm³/mol. The summed E-state index contributed by atoms with van der Waals surface area (Å²) in [4.78, 5) is 16.4. The van der Waals surface area contributed by atoms with E-state index in [9.17, 15) is 4.79 Å². The second-order valence-corrected chi connectivity index (χ2v) is 4.54. The number of carbonyl (C=O) groups is 1. The van der Waals surface area contributed by atoms with Crippen molar-refractivity contribution in [3.63, 3.8) is 0 Å². The van der Waals surface area contributed by atoms with Crippen LogP contribution in [0.25, 0.3) is 0 Å². The van der Waals surface area contributed by atoms with Crippen molar-refractivity contribution >= 4 is 35.4 Å². The van der Waals surface area contributed by atoms with Gasteiger partial charge in [0.2, 0.25) is 0 Å². The first-order valence-electron chi connectivity index (χ1n) is 5.41. The maximum atomic E-state index is 11.6. The number of carbonyl (C=O) groups excluding carboxylic acids is 1. The van der Waals surface area contributed by atoms with Gasteiger partial charge < -0.3 is 4.84 Å². The molecule has 5 heteroatoms. The standard InChI is InChI=1S/C14H9Cl2NO2/c15-12-5-1-10(2-6-12)9-17-19-14(18)11-3-7-13(16)8-4-11/h1-9H. The van der Waals surface area contributed by atoms with E-state index in [0.717, 1.165) is 5.56 Å². The second kappa shape index (κ2) is 6.36. The van der Waals surface area contributed by atoms with Crippen LogP contribution in [0, 0.1) is 0 Å². The minimum Gasteiger partial charge on any atom is -0.313 e. The molecule has 0 heterocycles. The van der Waals surface area contributed by atoms with Gasteiger partial charge in [-0.05, 0) is 42.0 Å². The van der Waals surface area contributed by atoms with Crippen LogP contribution < -0.4 is 0 Å². The Kier molecular flexibility index (Phi) is 4.55. The van der Waals surface area contributed by atoms with E-state index in [2.05, 4.69) is 5.16 Å². The molecule has 0 aliphatic heterocycles. The maximum Gasteiger partial charge on any atom is 0.365 e. The van der Waals surface area contributed by atoms with E-state index in [1.54, 1.807) is 48.5 Å². The molecule has 0 aromatic heterocycles. The third kappa shape index (κ3) is 4.09. The lowest BCUT2D eigenvalue weighted by atomic mass is 10.2. The summed E-state index contributed by atoms with van der Waals surface area (Å²) in [6.45, 7) is 0. The molecule has 0 amide bonds. The zero-order valence-electron chi connectivity index (χ0n) is 9.72. The topological polar surface area (TPSA) is 38.7 Å². The Bertz CT molecular complexity index is 592. The minimum atomic E-state index is -0.540. The SMILES string of the molecule is O=C(ON=Cc1ccc(Cl)cc1)c1ccc(Cl)cc1. The van der Waals surface area contributed by atoms with Gasteiger partial charge in [0.1, 0.15) is 0 Å². The first-order valence-corrected chi connectivity index (χ1v) is 6.16. The molecule has 0 aliphatic carbocycles. The van der Waals surface area contributed by atoms with Crippen molar-refractivity contribution in [2.24, 2.45) is 5.16 Å². The Hall–Kier alpha value is -1.84. The van der Waals surface area contributed by atoms with Gasteiger partial charge in [-0.2, -0.15) is 0 Å². The molecule has 0 aliphatic rings. The largest absolute Gasteiger partial charge is 0.365 e. The summed E-state index contributed by atoms with van der Waals surface area (Å²) in [5.74, 6) is -0.540. The number of halogens is 2. The summed E-state index contributed by atoms with van der Waals surface area (Å²) in [6.07, 6.45) is 1.43. The number of rotatable bonds is 3. The minimum absolute atomic E-state index is 0.387. The normalized spacial score (nSPS) is 10.6. The monoisotopic (exact) mass is 293 g/mol. The second-order valence-electron chi connectivity index (χ2n) is 3.67. The van der Waals surface area contributed by atoms with E-state index in [1.165, 1.54) is 6.21 Å². The van der Waals surface area contributed by atoms with Crippen LogP contribution in [-0.4, -0.2) is 12.2 Å². The Morgan fingerprint density at radius 1 is 0.947 bits per heavy atom. The van der Waals surface area contributed by atoms with E-state index >= 15 is 0 Å². The molecule has 3 nitrogen and oxygen atoms in total. The summed E-state index contributed by atoms with van der Waals surface area (Å²) in [5.41, 5.74) is 1.17. The summed E-state index contributed by atoms with van der Waals surface area (Å²) >= 11 is 11.5. The van der Waals surface area contributed by atoms with Crippen LogP contribution in [0.2, 0.25) is 10.0 Å². The maximum absolute atomic E-state index is 11.6. The Morgan fingerprint density at radius 3 is 2.05 bits per heavy atom. The van der Waals surface area contributed by atoms with Gasteiger partial charge >= 0.3 is 5.97 Å².